The van der Waals surface area contributed by atoms with Gasteiger partial charge in [0.1, 0.15) is 18.2 Å². The average Bonchev–Trinajstić information content (AvgIpc) is 3.09. The SMILES string of the molecule is O=C1/C(=C/c2ccccn2)Oc2c1ccc1c2CN(CCN2CCOCC2)CO1. The number of morpholine rings is 1. The molecule has 1 fully saturated rings. The van der Waals surface area contributed by atoms with Crippen molar-refractivity contribution in [3.8, 4) is 11.5 Å². The Morgan fingerprint density at radius 2 is 1.93 bits per heavy atom. The maximum Gasteiger partial charge on any atom is 0.232 e. The highest BCUT2D eigenvalue weighted by Gasteiger charge is 2.33. The average molecular weight is 393 g/mol. The molecule has 3 aliphatic rings. The molecule has 7 heteroatoms. The zero-order chi connectivity index (χ0) is 19.6. The number of aromatic nitrogens is 1. The number of ketones is 1. The topological polar surface area (TPSA) is 64.1 Å². The van der Waals surface area contributed by atoms with Gasteiger partial charge >= 0.3 is 0 Å². The molecule has 0 aliphatic carbocycles. The molecular weight excluding hydrogens is 370 g/mol. The minimum atomic E-state index is -0.112. The first-order chi connectivity index (χ1) is 14.3. The summed E-state index contributed by atoms with van der Waals surface area (Å²) < 4.78 is 17.4. The zero-order valence-electron chi connectivity index (χ0n) is 16.2. The number of Topliss-reactive ketones (excluding diaryl/α,β-unsaturated/α-hetero) is 1. The molecule has 0 bridgehead atoms. The molecule has 0 radical (unpaired) electrons. The van der Waals surface area contributed by atoms with E-state index in [4.69, 9.17) is 14.2 Å². The van der Waals surface area contributed by atoms with Crippen LogP contribution < -0.4 is 9.47 Å². The summed E-state index contributed by atoms with van der Waals surface area (Å²) in [7, 11) is 0. The molecule has 0 N–H and O–H groups in total. The Labute approximate surface area is 169 Å². The van der Waals surface area contributed by atoms with Crippen LogP contribution in [0, 0.1) is 0 Å². The lowest BCUT2D eigenvalue weighted by Crippen LogP contribution is -2.43. The van der Waals surface area contributed by atoms with Gasteiger partial charge in [0.15, 0.2) is 5.76 Å². The quantitative estimate of drug-likeness (QED) is 0.738. The molecule has 1 aromatic carbocycles. The van der Waals surface area contributed by atoms with Gasteiger partial charge in [0.25, 0.3) is 0 Å². The third kappa shape index (κ3) is 3.76. The first-order valence-electron chi connectivity index (χ1n) is 9.94. The van der Waals surface area contributed by atoms with Gasteiger partial charge in [-0.05, 0) is 24.3 Å². The van der Waals surface area contributed by atoms with Crippen molar-refractivity contribution in [3.05, 3.63) is 59.1 Å². The highest BCUT2D eigenvalue weighted by atomic mass is 16.5. The molecule has 0 amide bonds. The van der Waals surface area contributed by atoms with E-state index in [1.807, 2.05) is 24.3 Å². The molecule has 3 aliphatic heterocycles. The molecule has 0 unspecified atom stereocenters. The van der Waals surface area contributed by atoms with Crippen molar-refractivity contribution >= 4 is 11.9 Å². The fraction of sp³-hybridized carbons (Fsp3) is 0.364. The Kier molecular flexibility index (Phi) is 5.01. The predicted molar refractivity (Wildman–Crippen MR) is 107 cm³/mol. The lowest BCUT2D eigenvalue weighted by molar-refractivity contribution is 0.0239. The molecule has 4 heterocycles. The molecule has 29 heavy (non-hydrogen) atoms. The van der Waals surface area contributed by atoms with Gasteiger partial charge in [0, 0.05) is 45.0 Å². The van der Waals surface area contributed by atoms with E-state index in [9.17, 15) is 4.79 Å². The van der Waals surface area contributed by atoms with E-state index in [0.29, 0.717) is 36.0 Å². The highest BCUT2D eigenvalue weighted by molar-refractivity contribution is 6.14. The predicted octanol–water partition coefficient (Wildman–Crippen LogP) is 2.18. The summed E-state index contributed by atoms with van der Waals surface area (Å²) in [6.07, 6.45) is 3.38. The molecule has 5 rings (SSSR count). The van der Waals surface area contributed by atoms with Crippen LogP contribution >= 0.6 is 0 Å². The second-order valence-corrected chi connectivity index (χ2v) is 7.39. The van der Waals surface area contributed by atoms with Gasteiger partial charge in [0.05, 0.1) is 30.0 Å². The molecule has 2 aromatic rings. The van der Waals surface area contributed by atoms with Gasteiger partial charge in [-0.25, -0.2) is 0 Å². The molecule has 0 saturated carbocycles. The number of ether oxygens (including phenoxy) is 3. The van der Waals surface area contributed by atoms with Gasteiger partial charge in [-0.1, -0.05) is 6.07 Å². The molecule has 1 saturated heterocycles. The van der Waals surface area contributed by atoms with Crippen LogP contribution in [0.15, 0.2) is 42.3 Å². The number of fused-ring (bicyclic) bond motifs is 3. The Hall–Kier alpha value is -2.74. The first-order valence-corrected chi connectivity index (χ1v) is 9.94. The van der Waals surface area contributed by atoms with E-state index in [0.717, 1.165) is 50.7 Å². The Balaban J connectivity index is 1.33. The van der Waals surface area contributed by atoms with Crippen LogP contribution in [-0.4, -0.2) is 66.7 Å². The van der Waals surface area contributed by atoms with E-state index in [1.165, 1.54) is 0 Å². The second-order valence-electron chi connectivity index (χ2n) is 7.39. The number of rotatable bonds is 4. The van der Waals surface area contributed by atoms with Crippen molar-refractivity contribution in [2.75, 3.05) is 46.1 Å². The highest BCUT2D eigenvalue weighted by Crippen LogP contribution is 2.41. The summed E-state index contributed by atoms with van der Waals surface area (Å²) in [6, 6.07) is 9.23. The lowest BCUT2D eigenvalue weighted by Gasteiger charge is -2.33. The van der Waals surface area contributed by atoms with Crippen molar-refractivity contribution < 1.29 is 19.0 Å². The standard InChI is InChI=1S/C22H23N3O4/c26-21-17-4-5-19-18(22(17)29-20(21)13-16-3-1-2-6-23-16)14-25(15-28-19)8-7-24-9-11-27-12-10-24/h1-6,13H,7-12,14-15H2/b20-13-. The Bertz CT molecular complexity index is 939. The number of allylic oxidation sites excluding steroid dienone is 1. The molecular formula is C22H23N3O4. The molecule has 1 aromatic heterocycles. The smallest absolute Gasteiger partial charge is 0.232 e. The third-order valence-electron chi connectivity index (χ3n) is 5.49. The Morgan fingerprint density at radius 3 is 2.76 bits per heavy atom. The minimum absolute atomic E-state index is 0.112. The molecule has 0 atom stereocenters. The summed E-state index contributed by atoms with van der Waals surface area (Å²) in [4.78, 5) is 21.7. The minimum Gasteiger partial charge on any atom is -0.478 e. The fourth-order valence-corrected chi connectivity index (χ4v) is 3.85. The van der Waals surface area contributed by atoms with Crippen LogP contribution in [0.4, 0.5) is 0 Å². The van der Waals surface area contributed by atoms with Crippen molar-refractivity contribution in [2.45, 2.75) is 6.54 Å². The number of benzene rings is 1. The number of hydrogen-bond acceptors (Lipinski definition) is 7. The van der Waals surface area contributed by atoms with Gasteiger partial charge in [-0.15, -0.1) is 0 Å². The maximum atomic E-state index is 12.8. The number of pyridine rings is 1. The van der Waals surface area contributed by atoms with Crippen LogP contribution in [0.25, 0.3) is 6.08 Å². The molecule has 0 spiro atoms. The summed E-state index contributed by atoms with van der Waals surface area (Å²) in [5.41, 5.74) is 2.22. The van der Waals surface area contributed by atoms with E-state index >= 15 is 0 Å². The maximum absolute atomic E-state index is 12.8. The van der Waals surface area contributed by atoms with Crippen molar-refractivity contribution in [2.24, 2.45) is 0 Å². The van der Waals surface area contributed by atoms with Crippen LogP contribution in [0.5, 0.6) is 11.5 Å². The lowest BCUT2D eigenvalue weighted by atomic mass is 10.0. The van der Waals surface area contributed by atoms with E-state index in [1.54, 1.807) is 18.3 Å². The van der Waals surface area contributed by atoms with Crippen LogP contribution in [-0.2, 0) is 11.3 Å². The zero-order valence-corrected chi connectivity index (χ0v) is 16.2. The summed E-state index contributed by atoms with van der Waals surface area (Å²) in [5.74, 6) is 1.60. The van der Waals surface area contributed by atoms with E-state index in [2.05, 4.69) is 14.8 Å². The monoisotopic (exact) mass is 393 g/mol. The molecule has 7 nitrogen and oxygen atoms in total. The van der Waals surface area contributed by atoms with Gasteiger partial charge in [-0.2, -0.15) is 0 Å². The molecule has 150 valence electrons. The van der Waals surface area contributed by atoms with Crippen LogP contribution in [0.2, 0.25) is 0 Å². The number of hydrogen-bond donors (Lipinski definition) is 0. The van der Waals surface area contributed by atoms with E-state index in [-0.39, 0.29) is 5.78 Å². The summed E-state index contributed by atoms with van der Waals surface area (Å²) in [5, 5.41) is 0. The number of carbonyl (C=O) groups excluding carboxylic acids is 1. The van der Waals surface area contributed by atoms with E-state index < -0.39 is 0 Å². The summed E-state index contributed by atoms with van der Waals surface area (Å²) in [6.45, 7) is 6.66. The van der Waals surface area contributed by atoms with Gasteiger partial charge in [-0.3, -0.25) is 19.6 Å². The number of nitrogens with zero attached hydrogens (tertiary/aromatic N) is 3. The van der Waals surface area contributed by atoms with Crippen molar-refractivity contribution in [1.82, 2.24) is 14.8 Å². The third-order valence-corrected chi connectivity index (χ3v) is 5.49. The van der Waals surface area contributed by atoms with Gasteiger partial charge in [0.2, 0.25) is 5.78 Å². The Morgan fingerprint density at radius 1 is 1.07 bits per heavy atom. The van der Waals surface area contributed by atoms with Gasteiger partial charge < -0.3 is 14.2 Å². The van der Waals surface area contributed by atoms with Crippen LogP contribution in [0.3, 0.4) is 0 Å². The van der Waals surface area contributed by atoms with Crippen molar-refractivity contribution in [1.29, 1.82) is 0 Å². The largest absolute Gasteiger partial charge is 0.478 e. The van der Waals surface area contributed by atoms with Crippen LogP contribution in [0.1, 0.15) is 21.6 Å². The van der Waals surface area contributed by atoms with Crippen molar-refractivity contribution in [3.63, 3.8) is 0 Å². The second kappa shape index (κ2) is 7.94. The number of carbonyl (C=O) groups is 1. The summed E-state index contributed by atoms with van der Waals surface area (Å²) >= 11 is 0. The fourth-order valence-electron chi connectivity index (χ4n) is 3.85. The normalized spacial score (nSPS) is 20.8. The first kappa shape index (κ1) is 18.3.